The number of likely N-dealkylation sites (tertiary alicyclic amines) is 1. The average Bonchev–Trinajstić information content (AvgIpc) is 2.80. The summed E-state index contributed by atoms with van der Waals surface area (Å²) in [5, 5.41) is 3.15. The van der Waals surface area contributed by atoms with Crippen molar-refractivity contribution < 1.29 is 9.18 Å². The molecule has 0 spiro atoms. The highest BCUT2D eigenvalue weighted by molar-refractivity contribution is 5.92. The summed E-state index contributed by atoms with van der Waals surface area (Å²) in [5.41, 5.74) is 1.92. The molecule has 3 heterocycles. The van der Waals surface area contributed by atoms with E-state index in [1.54, 1.807) is 36.7 Å². The molecule has 1 aliphatic rings. The van der Waals surface area contributed by atoms with Gasteiger partial charge in [0.25, 0.3) is 5.91 Å². The van der Waals surface area contributed by atoms with Crippen LogP contribution in [-0.4, -0.2) is 33.9 Å². The van der Waals surface area contributed by atoms with E-state index in [2.05, 4.69) is 20.2 Å². The number of benzene rings is 1. The first kappa shape index (κ1) is 20.2. The Morgan fingerprint density at radius 3 is 2.57 bits per heavy atom. The Morgan fingerprint density at radius 2 is 1.83 bits per heavy atom. The summed E-state index contributed by atoms with van der Waals surface area (Å²) in [6, 6.07) is 17.7. The third kappa shape index (κ3) is 4.89. The van der Waals surface area contributed by atoms with Crippen LogP contribution in [0.3, 0.4) is 0 Å². The lowest BCUT2D eigenvalue weighted by molar-refractivity contribution is 0.0869. The number of carbonyl (C=O) groups is 1. The minimum atomic E-state index is -0.232. The van der Waals surface area contributed by atoms with Crippen molar-refractivity contribution in [1.82, 2.24) is 20.2 Å². The molecule has 0 radical (unpaired) electrons. The first-order valence-electron chi connectivity index (χ1n) is 10.3. The number of piperidine rings is 1. The minimum absolute atomic E-state index is 0.174. The van der Waals surface area contributed by atoms with Gasteiger partial charge in [-0.15, -0.1) is 0 Å². The summed E-state index contributed by atoms with van der Waals surface area (Å²) < 4.78 is 14.1. The molecule has 0 aliphatic carbocycles. The van der Waals surface area contributed by atoms with Crippen LogP contribution in [0.5, 0.6) is 0 Å². The smallest absolute Gasteiger partial charge is 0.270 e. The Balaban J connectivity index is 1.52. The van der Waals surface area contributed by atoms with Crippen LogP contribution < -0.4 is 5.32 Å². The summed E-state index contributed by atoms with van der Waals surface area (Å²) in [6.07, 6.45) is 5.32. The van der Waals surface area contributed by atoms with Crippen LogP contribution in [0.2, 0.25) is 0 Å². The summed E-state index contributed by atoms with van der Waals surface area (Å²) in [6.45, 7) is 2.23. The summed E-state index contributed by atoms with van der Waals surface area (Å²) in [4.78, 5) is 23.8. The van der Waals surface area contributed by atoms with E-state index in [0.29, 0.717) is 17.8 Å². The van der Waals surface area contributed by atoms with Crippen LogP contribution in [0.1, 0.15) is 40.6 Å². The van der Waals surface area contributed by atoms with E-state index in [-0.39, 0.29) is 23.7 Å². The quantitative estimate of drug-likeness (QED) is 0.675. The number of halogens is 1. The number of nitrogens with zero attached hydrogens (tertiary/aromatic N) is 3. The Hall–Kier alpha value is -3.12. The molecule has 2 atom stereocenters. The fourth-order valence-electron chi connectivity index (χ4n) is 4.08. The zero-order valence-electron chi connectivity index (χ0n) is 16.7. The molecule has 1 N–H and O–H groups in total. The molecular weight excluding hydrogens is 379 g/mol. The average molecular weight is 404 g/mol. The van der Waals surface area contributed by atoms with Crippen molar-refractivity contribution in [2.24, 2.45) is 5.92 Å². The summed E-state index contributed by atoms with van der Waals surface area (Å²) >= 11 is 0. The van der Waals surface area contributed by atoms with Crippen molar-refractivity contribution in [1.29, 1.82) is 0 Å². The van der Waals surface area contributed by atoms with Crippen LogP contribution in [0.25, 0.3) is 0 Å². The van der Waals surface area contributed by atoms with Crippen LogP contribution >= 0.6 is 0 Å². The van der Waals surface area contributed by atoms with E-state index >= 15 is 0 Å². The first-order chi connectivity index (χ1) is 14.7. The van der Waals surface area contributed by atoms with Crippen LogP contribution in [0, 0.1) is 11.7 Å². The maximum atomic E-state index is 14.1. The van der Waals surface area contributed by atoms with Gasteiger partial charge in [0.1, 0.15) is 11.5 Å². The predicted molar refractivity (Wildman–Crippen MR) is 113 cm³/mol. The number of aromatic nitrogens is 2. The topological polar surface area (TPSA) is 58.1 Å². The molecule has 2 aromatic heterocycles. The third-order valence-corrected chi connectivity index (χ3v) is 5.56. The van der Waals surface area contributed by atoms with Gasteiger partial charge in [-0.25, -0.2) is 4.39 Å². The van der Waals surface area contributed by atoms with Gasteiger partial charge >= 0.3 is 0 Å². The van der Waals surface area contributed by atoms with Crippen LogP contribution in [-0.2, 0) is 6.54 Å². The number of hydrogen-bond acceptors (Lipinski definition) is 4. The number of amides is 1. The molecule has 1 saturated heterocycles. The van der Waals surface area contributed by atoms with Gasteiger partial charge in [-0.1, -0.05) is 30.3 Å². The highest BCUT2D eigenvalue weighted by Crippen LogP contribution is 2.30. The first-order valence-corrected chi connectivity index (χ1v) is 10.3. The van der Waals surface area contributed by atoms with Gasteiger partial charge in [0, 0.05) is 31.0 Å². The molecule has 0 unspecified atom stereocenters. The van der Waals surface area contributed by atoms with E-state index in [1.807, 2.05) is 30.3 Å². The fraction of sp³-hybridized carbons (Fsp3) is 0.292. The normalized spacial score (nSPS) is 18.0. The van der Waals surface area contributed by atoms with E-state index in [9.17, 15) is 9.18 Å². The molecular formula is C24H25FN4O. The minimum Gasteiger partial charge on any atom is -0.342 e. The lowest BCUT2D eigenvalue weighted by Gasteiger charge is -2.37. The van der Waals surface area contributed by atoms with E-state index in [4.69, 9.17) is 0 Å². The summed E-state index contributed by atoms with van der Waals surface area (Å²) in [5.74, 6) is -0.213. The Kier molecular flexibility index (Phi) is 6.44. The highest BCUT2D eigenvalue weighted by atomic mass is 19.1. The second-order valence-electron chi connectivity index (χ2n) is 7.65. The Labute approximate surface area is 176 Å². The van der Waals surface area contributed by atoms with Crippen LogP contribution in [0.15, 0.2) is 73.1 Å². The van der Waals surface area contributed by atoms with Crippen molar-refractivity contribution in [3.05, 3.63) is 95.8 Å². The lowest BCUT2D eigenvalue weighted by atomic mass is 9.88. The maximum absolute atomic E-state index is 14.1. The van der Waals surface area contributed by atoms with Gasteiger partial charge < -0.3 is 5.32 Å². The molecule has 3 aromatic rings. The molecule has 1 fully saturated rings. The molecule has 1 aliphatic heterocycles. The van der Waals surface area contributed by atoms with E-state index in [1.165, 1.54) is 6.07 Å². The van der Waals surface area contributed by atoms with Crippen molar-refractivity contribution in [3.63, 3.8) is 0 Å². The molecule has 0 saturated carbocycles. The molecule has 5 nitrogen and oxygen atoms in total. The fourth-order valence-corrected chi connectivity index (χ4v) is 4.08. The van der Waals surface area contributed by atoms with Gasteiger partial charge in [0.2, 0.25) is 0 Å². The molecule has 4 rings (SSSR count). The SMILES string of the molecule is O=C(N[C@@H](c1ccccn1)[C@H]1CCCN(Cc2ccccc2F)C1)c1ccccn1. The second kappa shape index (κ2) is 9.59. The molecule has 30 heavy (non-hydrogen) atoms. The highest BCUT2D eigenvalue weighted by Gasteiger charge is 2.31. The van der Waals surface area contributed by atoms with Gasteiger partial charge in [0.05, 0.1) is 11.7 Å². The zero-order chi connectivity index (χ0) is 20.8. The van der Waals surface area contributed by atoms with Crippen molar-refractivity contribution >= 4 is 5.91 Å². The lowest BCUT2D eigenvalue weighted by Crippen LogP contribution is -2.43. The second-order valence-corrected chi connectivity index (χ2v) is 7.65. The van der Waals surface area contributed by atoms with Crippen LogP contribution in [0.4, 0.5) is 4.39 Å². The number of carbonyl (C=O) groups excluding carboxylic acids is 1. The third-order valence-electron chi connectivity index (χ3n) is 5.56. The van der Waals surface area contributed by atoms with Gasteiger partial charge in [-0.05, 0) is 55.6 Å². The van der Waals surface area contributed by atoms with E-state index in [0.717, 1.165) is 31.6 Å². The van der Waals surface area contributed by atoms with Crippen molar-refractivity contribution in [2.75, 3.05) is 13.1 Å². The molecule has 154 valence electrons. The Bertz CT molecular complexity index is 967. The standard InChI is InChI=1S/C24H25FN4O/c25-20-10-2-1-8-18(20)16-29-15-7-9-19(17-29)23(21-11-3-5-13-26-21)28-24(30)22-12-4-6-14-27-22/h1-6,8,10-14,19,23H,7,9,15-17H2,(H,28,30)/t19-,23+/m0/s1. The summed E-state index contributed by atoms with van der Waals surface area (Å²) in [7, 11) is 0. The number of rotatable bonds is 6. The van der Waals surface area contributed by atoms with Gasteiger partial charge in [0.15, 0.2) is 0 Å². The molecule has 1 amide bonds. The van der Waals surface area contributed by atoms with E-state index < -0.39 is 0 Å². The predicted octanol–water partition coefficient (Wildman–Crippen LogP) is 4.00. The molecule has 1 aromatic carbocycles. The zero-order valence-corrected chi connectivity index (χ0v) is 16.7. The monoisotopic (exact) mass is 404 g/mol. The van der Waals surface area contributed by atoms with Crippen molar-refractivity contribution in [3.8, 4) is 0 Å². The molecule has 0 bridgehead atoms. The van der Waals surface area contributed by atoms with Gasteiger partial charge in [-0.2, -0.15) is 0 Å². The molecule has 6 heteroatoms. The number of hydrogen-bond donors (Lipinski definition) is 1. The number of nitrogens with one attached hydrogen (secondary N) is 1. The number of pyridine rings is 2. The van der Waals surface area contributed by atoms with Gasteiger partial charge in [-0.3, -0.25) is 19.7 Å². The maximum Gasteiger partial charge on any atom is 0.270 e. The largest absolute Gasteiger partial charge is 0.342 e. The Morgan fingerprint density at radius 1 is 1.07 bits per heavy atom. The van der Waals surface area contributed by atoms with Crippen molar-refractivity contribution in [2.45, 2.75) is 25.4 Å².